The third-order valence-electron chi connectivity index (χ3n) is 2.24. The van der Waals surface area contributed by atoms with Crippen LogP contribution in [-0.4, -0.2) is 25.8 Å². The van der Waals surface area contributed by atoms with E-state index in [0.717, 1.165) is 0 Å². The van der Waals surface area contributed by atoms with Gasteiger partial charge in [0.05, 0.1) is 18.0 Å². The Morgan fingerprint density at radius 3 is 3.00 bits per heavy atom. The number of hydrogen-bond acceptors (Lipinski definition) is 4. The summed E-state index contributed by atoms with van der Waals surface area (Å²) in [6.45, 7) is 2.65. The molecule has 2 aromatic rings. The van der Waals surface area contributed by atoms with Crippen LogP contribution in [0.5, 0.6) is 11.6 Å². The number of nitrogens with zero attached hydrogens (tertiary/aromatic N) is 3. The van der Waals surface area contributed by atoms with Crippen molar-refractivity contribution in [1.82, 2.24) is 14.8 Å². The molecule has 0 saturated heterocycles. The lowest BCUT2D eigenvalue weighted by molar-refractivity contribution is 0.0696. The number of aromatic nitrogens is 3. The Morgan fingerprint density at radius 1 is 1.61 bits per heavy atom. The number of pyridine rings is 1. The zero-order chi connectivity index (χ0) is 13.1. The SMILES string of the molecule is CCn1cc(Oc2nccc(C(=O)O)c2Cl)cn1. The zero-order valence-electron chi connectivity index (χ0n) is 9.50. The van der Waals surface area contributed by atoms with Gasteiger partial charge in [-0.25, -0.2) is 9.78 Å². The summed E-state index contributed by atoms with van der Waals surface area (Å²) in [5.41, 5.74) is -0.0513. The Balaban J connectivity index is 2.29. The zero-order valence-corrected chi connectivity index (χ0v) is 10.3. The van der Waals surface area contributed by atoms with Crippen LogP contribution < -0.4 is 4.74 Å². The molecule has 2 aromatic heterocycles. The van der Waals surface area contributed by atoms with E-state index in [1.807, 2.05) is 6.92 Å². The van der Waals surface area contributed by atoms with E-state index in [-0.39, 0.29) is 16.5 Å². The molecule has 0 fully saturated rings. The van der Waals surface area contributed by atoms with Crippen LogP contribution in [-0.2, 0) is 6.54 Å². The fraction of sp³-hybridized carbons (Fsp3) is 0.182. The fourth-order valence-corrected chi connectivity index (χ4v) is 1.57. The molecule has 18 heavy (non-hydrogen) atoms. The Bertz CT molecular complexity index is 583. The van der Waals surface area contributed by atoms with Crippen molar-refractivity contribution in [3.63, 3.8) is 0 Å². The summed E-state index contributed by atoms with van der Waals surface area (Å²) in [6, 6.07) is 1.31. The van der Waals surface area contributed by atoms with Crippen LogP contribution in [0.2, 0.25) is 5.02 Å². The first-order chi connectivity index (χ1) is 8.61. The van der Waals surface area contributed by atoms with Gasteiger partial charge in [-0.15, -0.1) is 0 Å². The fourth-order valence-electron chi connectivity index (χ4n) is 1.34. The van der Waals surface area contributed by atoms with Crippen LogP contribution in [0.4, 0.5) is 0 Å². The van der Waals surface area contributed by atoms with E-state index >= 15 is 0 Å². The Hall–Kier alpha value is -2.08. The van der Waals surface area contributed by atoms with Gasteiger partial charge in [0.15, 0.2) is 5.75 Å². The van der Waals surface area contributed by atoms with E-state index in [2.05, 4.69) is 10.1 Å². The number of ether oxygens (including phenoxy) is 1. The summed E-state index contributed by atoms with van der Waals surface area (Å²) in [4.78, 5) is 14.8. The highest BCUT2D eigenvalue weighted by Gasteiger charge is 2.15. The van der Waals surface area contributed by atoms with Gasteiger partial charge in [0.2, 0.25) is 5.88 Å². The average molecular weight is 268 g/mol. The quantitative estimate of drug-likeness (QED) is 0.921. The number of aromatic carboxylic acids is 1. The number of carboxylic acids is 1. The molecular weight excluding hydrogens is 258 g/mol. The third kappa shape index (κ3) is 2.43. The van der Waals surface area contributed by atoms with Crippen molar-refractivity contribution in [1.29, 1.82) is 0 Å². The first-order valence-electron chi connectivity index (χ1n) is 5.20. The summed E-state index contributed by atoms with van der Waals surface area (Å²) in [5, 5.41) is 12.9. The van der Waals surface area contributed by atoms with Crippen LogP contribution >= 0.6 is 11.6 Å². The molecule has 0 atom stereocenters. The molecule has 1 N–H and O–H groups in total. The van der Waals surface area contributed by atoms with E-state index in [1.54, 1.807) is 10.9 Å². The maximum atomic E-state index is 10.9. The van der Waals surface area contributed by atoms with Crippen molar-refractivity contribution in [2.75, 3.05) is 0 Å². The standard InChI is InChI=1S/C11H10ClN3O3/c1-2-15-6-7(5-14-15)18-10-9(12)8(11(16)17)3-4-13-10/h3-6H,2H2,1H3,(H,16,17). The van der Waals surface area contributed by atoms with Crippen LogP contribution in [0.1, 0.15) is 17.3 Å². The molecule has 0 bridgehead atoms. The molecule has 0 unspecified atom stereocenters. The van der Waals surface area contributed by atoms with Crippen molar-refractivity contribution < 1.29 is 14.6 Å². The average Bonchev–Trinajstić information content (AvgIpc) is 2.79. The van der Waals surface area contributed by atoms with Gasteiger partial charge in [-0.2, -0.15) is 5.10 Å². The van der Waals surface area contributed by atoms with Gasteiger partial charge in [-0.1, -0.05) is 11.6 Å². The van der Waals surface area contributed by atoms with E-state index < -0.39 is 5.97 Å². The van der Waals surface area contributed by atoms with Gasteiger partial charge in [0.25, 0.3) is 0 Å². The molecule has 94 valence electrons. The predicted molar refractivity (Wildman–Crippen MR) is 64.2 cm³/mol. The summed E-state index contributed by atoms with van der Waals surface area (Å²) in [5.74, 6) is -0.627. The molecule has 0 aliphatic carbocycles. The van der Waals surface area contributed by atoms with Crippen LogP contribution in [0, 0.1) is 0 Å². The molecule has 0 saturated carbocycles. The van der Waals surface area contributed by atoms with Gasteiger partial charge in [-0.3, -0.25) is 4.68 Å². The van der Waals surface area contributed by atoms with Crippen molar-refractivity contribution in [3.8, 4) is 11.6 Å². The summed E-state index contributed by atoms with van der Waals surface area (Å²) < 4.78 is 7.06. The van der Waals surface area contributed by atoms with Gasteiger partial charge in [0.1, 0.15) is 5.02 Å². The Labute approximate surface area is 108 Å². The predicted octanol–water partition coefficient (Wildman–Crippen LogP) is 2.44. The highest BCUT2D eigenvalue weighted by atomic mass is 35.5. The van der Waals surface area contributed by atoms with Crippen LogP contribution in [0.15, 0.2) is 24.7 Å². The Kier molecular flexibility index (Phi) is 3.47. The maximum absolute atomic E-state index is 10.9. The second-order valence-electron chi connectivity index (χ2n) is 3.42. The molecular formula is C11H10ClN3O3. The third-order valence-corrected chi connectivity index (χ3v) is 2.60. The van der Waals surface area contributed by atoms with Crippen molar-refractivity contribution in [2.45, 2.75) is 13.5 Å². The number of carbonyl (C=O) groups is 1. The summed E-state index contributed by atoms with van der Waals surface area (Å²) in [7, 11) is 0. The molecule has 6 nitrogen and oxygen atoms in total. The molecule has 2 heterocycles. The number of halogens is 1. The Morgan fingerprint density at radius 2 is 2.39 bits per heavy atom. The molecule has 0 spiro atoms. The van der Waals surface area contributed by atoms with Gasteiger partial charge in [-0.05, 0) is 13.0 Å². The number of hydrogen-bond donors (Lipinski definition) is 1. The molecule has 0 aromatic carbocycles. The van der Waals surface area contributed by atoms with Crippen molar-refractivity contribution in [3.05, 3.63) is 35.2 Å². The van der Waals surface area contributed by atoms with Crippen molar-refractivity contribution in [2.24, 2.45) is 0 Å². The number of rotatable bonds is 4. The largest absolute Gasteiger partial charge is 0.478 e. The van der Waals surface area contributed by atoms with Gasteiger partial charge >= 0.3 is 5.97 Å². The molecule has 0 aliphatic rings. The highest BCUT2D eigenvalue weighted by Crippen LogP contribution is 2.29. The second kappa shape index (κ2) is 5.05. The highest BCUT2D eigenvalue weighted by molar-refractivity contribution is 6.34. The minimum atomic E-state index is -1.13. The molecule has 0 radical (unpaired) electrons. The normalized spacial score (nSPS) is 10.3. The maximum Gasteiger partial charge on any atom is 0.337 e. The molecule has 2 rings (SSSR count). The molecule has 7 heteroatoms. The van der Waals surface area contributed by atoms with E-state index in [9.17, 15) is 4.79 Å². The number of carboxylic acid groups (broad SMARTS) is 1. The lowest BCUT2D eigenvalue weighted by atomic mass is 10.3. The van der Waals surface area contributed by atoms with Crippen LogP contribution in [0.25, 0.3) is 0 Å². The van der Waals surface area contributed by atoms with Gasteiger partial charge < -0.3 is 9.84 Å². The van der Waals surface area contributed by atoms with E-state index in [1.165, 1.54) is 18.5 Å². The van der Waals surface area contributed by atoms with Crippen molar-refractivity contribution >= 4 is 17.6 Å². The van der Waals surface area contributed by atoms with Gasteiger partial charge in [0, 0.05) is 12.7 Å². The lowest BCUT2D eigenvalue weighted by Gasteiger charge is -2.05. The summed E-state index contributed by atoms with van der Waals surface area (Å²) >= 11 is 5.90. The summed E-state index contributed by atoms with van der Waals surface area (Å²) in [6.07, 6.45) is 4.51. The lowest BCUT2D eigenvalue weighted by Crippen LogP contribution is -2.00. The number of aryl methyl sites for hydroxylation is 1. The monoisotopic (exact) mass is 267 g/mol. The second-order valence-corrected chi connectivity index (χ2v) is 3.79. The smallest absolute Gasteiger partial charge is 0.337 e. The molecule has 0 amide bonds. The minimum Gasteiger partial charge on any atom is -0.478 e. The van der Waals surface area contributed by atoms with E-state index in [4.69, 9.17) is 21.4 Å². The first kappa shape index (κ1) is 12.4. The van der Waals surface area contributed by atoms with Crippen LogP contribution in [0.3, 0.4) is 0 Å². The van der Waals surface area contributed by atoms with E-state index in [0.29, 0.717) is 12.3 Å². The topological polar surface area (TPSA) is 77.2 Å². The molecule has 0 aliphatic heterocycles. The minimum absolute atomic E-state index is 0.0331. The first-order valence-corrected chi connectivity index (χ1v) is 5.57.